The minimum absolute atomic E-state index is 0.00255. The van der Waals surface area contributed by atoms with Gasteiger partial charge in [0.25, 0.3) is 0 Å². The number of carboxylic acids is 1. The van der Waals surface area contributed by atoms with Crippen LogP contribution in [0.3, 0.4) is 0 Å². The monoisotopic (exact) mass is 308 g/mol. The summed E-state index contributed by atoms with van der Waals surface area (Å²) < 4.78 is 0. The normalized spacial score (nSPS) is 24.1. The zero-order valence-electron chi connectivity index (χ0n) is 12.3. The standard InChI is InChI=1S/C15H20N2O3S/c1-9-11-6-8-21-12(11)5-7-17(9)14(20)16-15(2,13(18)19)10-3-4-10/h6,8-10H,3-5,7H2,1-2H3,(H,16,20)(H,18,19). The number of carbonyl (C=O) groups is 2. The predicted molar refractivity (Wildman–Crippen MR) is 80.4 cm³/mol. The summed E-state index contributed by atoms with van der Waals surface area (Å²) in [6, 6.07) is 1.79. The number of nitrogens with one attached hydrogen (secondary N) is 1. The van der Waals surface area contributed by atoms with Crippen LogP contribution >= 0.6 is 11.3 Å². The van der Waals surface area contributed by atoms with Crippen molar-refractivity contribution in [3.8, 4) is 0 Å². The van der Waals surface area contributed by atoms with Crippen LogP contribution in [0.25, 0.3) is 0 Å². The molecule has 5 nitrogen and oxygen atoms in total. The molecule has 6 heteroatoms. The molecule has 114 valence electrons. The summed E-state index contributed by atoms with van der Waals surface area (Å²) in [7, 11) is 0. The number of rotatable bonds is 3. The first kappa shape index (κ1) is 14.4. The molecule has 0 bridgehead atoms. The first-order chi connectivity index (χ1) is 9.93. The van der Waals surface area contributed by atoms with Crippen molar-refractivity contribution in [1.29, 1.82) is 0 Å². The molecule has 1 fully saturated rings. The quantitative estimate of drug-likeness (QED) is 0.902. The van der Waals surface area contributed by atoms with Crippen LogP contribution in [0.4, 0.5) is 4.79 Å². The fraction of sp³-hybridized carbons (Fsp3) is 0.600. The van der Waals surface area contributed by atoms with Crippen molar-refractivity contribution < 1.29 is 14.7 Å². The average Bonchev–Trinajstić information content (AvgIpc) is 3.17. The predicted octanol–water partition coefficient (Wildman–Crippen LogP) is 2.63. The van der Waals surface area contributed by atoms with Gasteiger partial charge < -0.3 is 15.3 Å². The third kappa shape index (κ3) is 2.41. The summed E-state index contributed by atoms with van der Waals surface area (Å²) in [6.07, 6.45) is 2.58. The molecular formula is C15H20N2O3S. The van der Waals surface area contributed by atoms with Crippen molar-refractivity contribution in [2.45, 2.75) is 44.7 Å². The van der Waals surface area contributed by atoms with E-state index in [2.05, 4.69) is 11.4 Å². The van der Waals surface area contributed by atoms with Gasteiger partial charge in [0.05, 0.1) is 6.04 Å². The summed E-state index contributed by atoms with van der Waals surface area (Å²) in [5.41, 5.74) is 0.0379. The summed E-state index contributed by atoms with van der Waals surface area (Å²) >= 11 is 1.72. The van der Waals surface area contributed by atoms with Crippen LogP contribution < -0.4 is 5.32 Å². The highest BCUT2D eigenvalue weighted by molar-refractivity contribution is 7.10. The minimum atomic E-state index is -1.15. The Balaban J connectivity index is 1.75. The number of thiophene rings is 1. The first-order valence-electron chi connectivity index (χ1n) is 7.32. The Morgan fingerprint density at radius 2 is 2.19 bits per heavy atom. The van der Waals surface area contributed by atoms with Crippen LogP contribution in [0.5, 0.6) is 0 Å². The van der Waals surface area contributed by atoms with Crippen molar-refractivity contribution in [3.05, 3.63) is 21.9 Å². The Bertz CT molecular complexity index is 581. The zero-order valence-corrected chi connectivity index (χ0v) is 13.1. The molecule has 1 aliphatic heterocycles. The zero-order chi connectivity index (χ0) is 15.2. The number of carbonyl (C=O) groups excluding carboxylic acids is 1. The molecule has 0 radical (unpaired) electrons. The van der Waals surface area contributed by atoms with Crippen molar-refractivity contribution in [2.75, 3.05) is 6.54 Å². The molecule has 2 atom stereocenters. The SMILES string of the molecule is CC1c2ccsc2CCN1C(=O)NC(C)(C(=O)O)C1CC1. The lowest BCUT2D eigenvalue weighted by molar-refractivity contribution is -0.144. The minimum Gasteiger partial charge on any atom is -0.480 e. The summed E-state index contributed by atoms with van der Waals surface area (Å²) in [5.74, 6) is -0.894. The Morgan fingerprint density at radius 1 is 1.48 bits per heavy atom. The molecule has 2 heterocycles. The summed E-state index contributed by atoms with van der Waals surface area (Å²) in [5, 5.41) is 14.3. The number of urea groups is 1. The highest BCUT2D eigenvalue weighted by atomic mass is 32.1. The molecule has 1 aromatic rings. The van der Waals surface area contributed by atoms with Crippen molar-refractivity contribution in [1.82, 2.24) is 10.2 Å². The van der Waals surface area contributed by atoms with Gasteiger partial charge in [0, 0.05) is 11.4 Å². The van der Waals surface area contributed by atoms with Gasteiger partial charge in [0.15, 0.2) is 0 Å². The van der Waals surface area contributed by atoms with Gasteiger partial charge in [0.2, 0.25) is 0 Å². The fourth-order valence-corrected chi connectivity index (χ4v) is 4.03. The van der Waals surface area contributed by atoms with Gasteiger partial charge in [0.1, 0.15) is 5.54 Å². The lowest BCUT2D eigenvalue weighted by Gasteiger charge is -2.36. The molecular weight excluding hydrogens is 288 g/mol. The number of hydrogen-bond acceptors (Lipinski definition) is 3. The van der Waals surface area contributed by atoms with E-state index < -0.39 is 11.5 Å². The van der Waals surface area contributed by atoms with Gasteiger partial charge in [-0.05, 0) is 56.0 Å². The van der Waals surface area contributed by atoms with E-state index in [0.717, 1.165) is 19.3 Å². The Morgan fingerprint density at radius 3 is 2.81 bits per heavy atom. The van der Waals surface area contributed by atoms with E-state index in [1.165, 1.54) is 10.4 Å². The molecule has 3 rings (SSSR count). The molecule has 0 saturated heterocycles. The maximum Gasteiger partial charge on any atom is 0.329 e. The van der Waals surface area contributed by atoms with Gasteiger partial charge in [-0.3, -0.25) is 0 Å². The van der Waals surface area contributed by atoms with Crippen LogP contribution in [0.1, 0.15) is 43.2 Å². The van der Waals surface area contributed by atoms with Gasteiger partial charge in [-0.1, -0.05) is 0 Å². The van der Waals surface area contributed by atoms with E-state index in [1.54, 1.807) is 23.2 Å². The number of amides is 2. The van der Waals surface area contributed by atoms with Gasteiger partial charge in [-0.2, -0.15) is 0 Å². The van der Waals surface area contributed by atoms with Gasteiger partial charge in [-0.25, -0.2) is 9.59 Å². The lowest BCUT2D eigenvalue weighted by Crippen LogP contribution is -2.58. The second-order valence-electron chi connectivity index (χ2n) is 6.13. The second kappa shape index (κ2) is 5.02. The maximum absolute atomic E-state index is 12.5. The number of nitrogens with zero attached hydrogens (tertiary/aromatic N) is 1. The highest BCUT2D eigenvalue weighted by Gasteiger charge is 2.49. The highest BCUT2D eigenvalue weighted by Crippen LogP contribution is 2.40. The second-order valence-corrected chi connectivity index (χ2v) is 7.13. The molecule has 0 spiro atoms. The molecule has 2 N–H and O–H groups in total. The molecule has 2 unspecified atom stereocenters. The average molecular weight is 308 g/mol. The smallest absolute Gasteiger partial charge is 0.329 e. The van der Waals surface area contributed by atoms with Crippen LogP contribution in [0.2, 0.25) is 0 Å². The van der Waals surface area contributed by atoms with Crippen molar-refractivity contribution in [2.24, 2.45) is 5.92 Å². The molecule has 21 heavy (non-hydrogen) atoms. The fourth-order valence-electron chi connectivity index (χ4n) is 3.07. The van der Waals surface area contributed by atoms with Crippen LogP contribution in [0.15, 0.2) is 11.4 Å². The number of aliphatic carboxylic acids is 1. The Labute approximate surface area is 128 Å². The maximum atomic E-state index is 12.5. The number of carboxylic acid groups (broad SMARTS) is 1. The van der Waals surface area contributed by atoms with E-state index in [-0.39, 0.29) is 18.0 Å². The summed E-state index contributed by atoms with van der Waals surface area (Å²) in [4.78, 5) is 27.2. The van der Waals surface area contributed by atoms with Crippen LogP contribution in [0, 0.1) is 5.92 Å². The Kier molecular flexibility index (Phi) is 3.43. The number of hydrogen-bond donors (Lipinski definition) is 2. The molecule has 2 aliphatic rings. The van der Waals surface area contributed by atoms with Crippen molar-refractivity contribution >= 4 is 23.3 Å². The topological polar surface area (TPSA) is 69.6 Å². The Hall–Kier alpha value is -1.56. The molecule has 1 aromatic heterocycles. The van der Waals surface area contributed by atoms with Crippen LogP contribution in [-0.2, 0) is 11.2 Å². The molecule has 2 amide bonds. The molecule has 1 saturated carbocycles. The van der Waals surface area contributed by atoms with Crippen molar-refractivity contribution in [3.63, 3.8) is 0 Å². The lowest BCUT2D eigenvalue weighted by atomic mass is 9.96. The first-order valence-corrected chi connectivity index (χ1v) is 8.20. The molecule has 1 aliphatic carbocycles. The third-order valence-corrected chi connectivity index (χ3v) is 5.74. The van der Waals surface area contributed by atoms with E-state index in [4.69, 9.17) is 0 Å². The van der Waals surface area contributed by atoms with E-state index in [1.807, 2.05) is 12.3 Å². The number of fused-ring (bicyclic) bond motifs is 1. The molecule has 0 aromatic carbocycles. The van der Waals surface area contributed by atoms with Gasteiger partial charge >= 0.3 is 12.0 Å². The summed E-state index contributed by atoms with van der Waals surface area (Å²) in [6.45, 7) is 4.26. The van der Waals surface area contributed by atoms with E-state index >= 15 is 0 Å². The van der Waals surface area contributed by atoms with Gasteiger partial charge in [-0.15, -0.1) is 11.3 Å². The largest absolute Gasteiger partial charge is 0.480 e. The van der Waals surface area contributed by atoms with Crippen LogP contribution in [-0.4, -0.2) is 34.1 Å². The van der Waals surface area contributed by atoms with E-state index in [9.17, 15) is 14.7 Å². The van der Waals surface area contributed by atoms with E-state index in [0.29, 0.717) is 6.54 Å². The third-order valence-electron chi connectivity index (χ3n) is 4.74.